The lowest BCUT2D eigenvalue weighted by atomic mass is 10.1. The van der Waals surface area contributed by atoms with E-state index in [0.29, 0.717) is 5.69 Å². The smallest absolute Gasteiger partial charge is 0.337 e. The molecule has 0 saturated carbocycles. The van der Waals surface area contributed by atoms with E-state index in [1.165, 1.54) is 38.8 Å². The molecule has 0 unspecified atom stereocenters. The van der Waals surface area contributed by atoms with Gasteiger partial charge >= 0.3 is 11.9 Å². The van der Waals surface area contributed by atoms with E-state index in [0.717, 1.165) is 37.3 Å². The summed E-state index contributed by atoms with van der Waals surface area (Å²) in [6.07, 6.45) is 3.56. The number of nitrogens with zero attached hydrogens (tertiary/aromatic N) is 1. The summed E-state index contributed by atoms with van der Waals surface area (Å²) in [4.78, 5) is 38.7. The third-order valence-electron chi connectivity index (χ3n) is 5.10. The Hall–Kier alpha value is -3.55. The van der Waals surface area contributed by atoms with E-state index < -0.39 is 11.9 Å². The molecule has 2 N–H and O–H groups in total. The normalized spacial score (nSPS) is 13.3. The van der Waals surface area contributed by atoms with Gasteiger partial charge in [-0.15, -0.1) is 0 Å². The zero-order chi connectivity index (χ0) is 22.2. The number of rotatable bonds is 7. The Morgan fingerprint density at radius 2 is 1.52 bits per heavy atom. The molecule has 1 aliphatic heterocycles. The van der Waals surface area contributed by atoms with Gasteiger partial charge < -0.3 is 25.0 Å². The lowest BCUT2D eigenvalue weighted by Gasteiger charge is -2.30. The van der Waals surface area contributed by atoms with Crippen LogP contribution in [-0.4, -0.2) is 51.7 Å². The number of esters is 2. The summed E-state index contributed by atoms with van der Waals surface area (Å²) < 4.78 is 9.44. The second-order valence-corrected chi connectivity index (χ2v) is 7.25. The molecule has 1 amide bonds. The molecular formula is C23H27N3O5. The topological polar surface area (TPSA) is 97.0 Å². The number of nitrogens with one attached hydrogen (secondary N) is 2. The number of amides is 1. The van der Waals surface area contributed by atoms with Gasteiger partial charge in [0, 0.05) is 18.8 Å². The summed E-state index contributed by atoms with van der Waals surface area (Å²) in [5.74, 6) is -1.55. The molecule has 1 aliphatic rings. The van der Waals surface area contributed by atoms with E-state index in [-0.39, 0.29) is 23.6 Å². The Balaban J connectivity index is 1.70. The molecule has 3 rings (SSSR count). The number of ether oxygens (including phenoxy) is 2. The zero-order valence-corrected chi connectivity index (χ0v) is 17.8. The predicted octanol–water partition coefficient (Wildman–Crippen LogP) is 3.30. The summed E-state index contributed by atoms with van der Waals surface area (Å²) in [5.41, 5.74) is 2.56. The van der Waals surface area contributed by atoms with Gasteiger partial charge in [0.1, 0.15) is 0 Å². The van der Waals surface area contributed by atoms with E-state index in [2.05, 4.69) is 15.5 Å². The zero-order valence-electron chi connectivity index (χ0n) is 17.8. The van der Waals surface area contributed by atoms with Crippen LogP contribution in [0.15, 0.2) is 42.5 Å². The van der Waals surface area contributed by atoms with Crippen molar-refractivity contribution in [2.75, 3.05) is 49.4 Å². The quantitative estimate of drug-likeness (QED) is 0.657. The minimum Gasteiger partial charge on any atom is -0.465 e. The van der Waals surface area contributed by atoms with Gasteiger partial charge in [0.15, 0.2) is 0 Å². The van der Waals surface area contributed by atoms with Crippen molar-refractivity contribution in [1.29, 1.82) is 0 Å². The third kappa shape index (κ3) is 5.75. The molecular weight excluding hydrogens is 398 g/mol. The largest absolute Gasteiger partial charge is 0.465 e. The van der Waals surface area contributed by atoms with E-state index in [1.807, 2.05) is 24.3 Å². The summed E-state index contributed by atoms with van der Waals surface area (Å²) >= 11 is 0. The Bertz CT molecular complexity index is 920. The highest BCUT2D eigenvalue weighted by atomic mass is 16.5. The van der Waals surface area contributed by atoms with Crippen molar-refractivity contribution in [2.24, 2.45) is 0 Å². The molecule has 0 bridgehead atoms. The predicted molar refractivity (Wildman–Crippen MR) is 119 cm³/mol. The lowest BCUT2D eigenvalue weighted by molar-refractivity contribution is -0.114. The van der Waals surface area contributed by atoms with Crippen molar-refractivity contribution in [3.05, 3.63) is 53.6 Å². The Kier molecular flexibility index (Phi) is 7.48. The molecule has 0 atom stereocenters. The number of benzene rings is 2. The van der Waals surface area contributed by atoms with Crippen LogP contribution in [-0.2, 0) is 14.3 Å². The van der Waals surface area contributed by atoms with Crippen molar-refractivity contribution < 1.29 is 23.9 Å². The van der Waals surface area contributed by atoms with Crippen LogP contribution in [0.25, 0.3) is 0 Å². The van der Waals surface area contributed by atoms with Gasteiger partial charge in [-0.05, 0) is 49.6 Å². The van der Waals surface area contributed by atoms with E-state index in [4.69, 9.17) is 9.47 Å². The van der Waals surface area contributed by atoms with Crippen LogP contribution in [0.2, 0.25) is 0 Å². The number of para-hydroxylation sites is 2. The number of piperidine rings is 1. The number of hydrogen-bond acceptors (Lipinski definition) is 7. The molecule has 2 aromatic carbocycles. The first-order valence-corrected chi connectivity index (χ1v) is 10.2. The van der Waals surface area contributed by atoms with Crippen LogP contribution < -0.4 is 15.5 Å². The minimum atomic E-state index is -0.616. The molecule has 8 nitrogen and oxygen atoms in total. The van der Waals surface area contributed by atoms with Crippen LogP contribution >= 0.6 is 0 Å². The first kappa shape index (κ1) is 22.1. The van der Waals surface area contributed by atoms with E-state index in [1.54, 1.807) is 0 Å². The SMILES string of the molecule is COC(=O)c1cc(NC(=O)CNc2ccccc2N2CCCCC2)cc(C(=O)OC)c1. The molecule has 1 saturated heterocycles. The average Bonchev–Trinajstić information content (AvgIpc) is 2.82. The molecule has 0 radical (unpaired) electrons. The highest BCUT2D eigenvalue weighted by molar-refractivity contribution is 6.00. The van der Waals surface area contributed by atoms with E-state index >= 15 is 0 Å². The fourth-order valence-electron chi connectivity index (χ4n) is 3.59. The maximum atomic E-state index is 12.6. The summed E-state index contributed by atoms with van der Waals surface area (Å²) in [5, 5.41) is 5.91. The van der Waals surface area contributed by atoms with Crippen molar-refractivity contribution in [3.8, 4) is 0 Å². The summed E-state index contributed by atoms with van der Waals surface area (Å²) in [7, 11) is 2.49. The van der Waals surface area contributed by atoms with Gasteiger partial charge in [0.25, 0.3) is 0 Å². The van der Waals surface area contributed by atoms with Crippen molar-refractivity contribution in [2.45, 2.75) is 19.3 Å². The van der Waals surface area contributed by atoms with Crippen molar-refractivity contribution in [3.63, 3.8) is 0 Å². The maximum absolute atomic E-state index is 12.6. The highest BCUT2D eigenvalue weighted by Crippen LogP contribution is 2.28. The van der Waals surface area contributed by atoms with Crippen LogP contribution in [0.1, 0.15) is 40.0 Å². The third-order valence-corrected chi connectivity index (χ3v) is 5.10. The summed E-state index contributed by atoms with van der Waals surface area (Å²) in [6, 6.07) is 12.2. The molecule has 164 valence electrons. The fraction of sp³-hybridized carbons (Fsp3) is 0.348. The van der Waals surface area contributed by atoms with Gasteiger partial charge in [-0.2, -0.15) is 0 Å². The first-order chi connectivity index (χ1) is 15.0. The van der Waals surface area contributed by atoms with Crippen molar-refractivity contribution >= 4 is 34.9 Å². The van der Waals surface area contributed by atoms with Crippen LogP contribution in [0.3, 0.4) is 0 Å². The molecule has 31 heavy (non-hydrogen) atoms. The number of methoxy groups -OCH3 is 2. The first-order valence-electron chi connectivity index (χ1n) is 10.2. The van der Waals surface area contributed by atoms with Crippen molar-refractivity contribution in [1.82, 2.24) is 0 Å². The second-order valence-electron chi connectivity index (χ2n) is 7.25. The monoisotopic (exact) mass is 425 g/mol. The number of anilines is 3. The molecule has 1 fully saturated rings. The van der Waals surface area contributed by atoms with Gasteiger partial charge in [-0.1, -0.05) is 12.1 Å². The summed E-state index contributed by atoms with van der Waals surface area (Å²) in [6.45, 7) is 2.03. The number of hydrogen-bond donors (Lipinski definition) is 2. The van der Waals surface area contributed by atoms with Gasteiger partial charge in [0.05, 0.1) is 43.3 Å². The van der Waals surface area contributed by atoms with E-state index in [9.17, 15) is 14.4 Å². The molecule has 0 aromatic heterocycles. The molecule has 2 aromatic rings. The lowest BCUT2D eigenvalue weighted by Crippen LogP contribution is -2.30. The van der Waals surface area contributed by atoms with Gasteiger partial charge in [0.2, 0.25) is 5.91 Å². The number of carbonyl (C=O) groups is 3. The van der Waals surface area contributed by atoms with Gasteiger partial charge in [-0.25, -0.2) is 9.59 Å². The van der Waals surface area contributed by atoms with Crippen LogP contribution in [0, 0.1) is 0 Å². The minimum absolute atomic E-state index is 0.0286. The fourth-order valence-corrected chi connectivity index (χ4v) is 3.59. The average molecular weight is 425 g/mol. The Morgan fingerprint density at radius 3 is 2.13 bits per heavy atom. The van der Waals surface area contributed by atoms with Crippen LogP contribution in [0.5, 0.6) is 0 Å². The standard InChI is InChI=1S/C23H27N3O5/c1-30-22(28)16-12-17(23(29)31-2)14-18(13-16)25-21(27)15-24-19-8-4-5-9-20(19)26-10-6-3-7-11-26/h4-5,8-9,12-14,24H,3,6-7,10-11,15H2,1-2H3,(H,25,27). The molecule has 0 spiro atoms. The van der Waals surface area contributed by atoms with Gasteiger partial charge in [-0.3, -0.25) is 4.79 Å². The Labute approximate surface area is 181 Å². The maximum Gasteiger partial charge on any atom is 0.337 e. The van der Waals surface area contributed by atoms with Crippen LogP contribution in [0.4, 0.5) is 17.1 Å². The Morgan fingerprint density at radius 1 is 0.903 bits per heavy atom. The second kappa shape index (κ2) is 10.5. The number of carbonyl (C=O) groups excluding carboxylic acids is 3. The highest BCUT2D eigenvalue weighted by Gasteiger charge is 2.16. The molecule has 0 aliphatic carbocycles. The molecule has 1 heterocycles. The molecule has 8 heteroatoms.